The van der Waals surface area contributed by atoms with Crippen molar-refractivity contribution in [2.24, 2.45) is 0 Å². The summed E-state index contributed by atoms with van der Waals surface area (Å²) in [6, 6.07) is 4.88. The lowest BCUT2D eigenvalue weighted by atomic mass is 9.88. The average molecular weight is 392 g/mol. The van der Waals surface area contributed by atoms with E-state index in [1.807, 2.05) is 19.2 Å². The van der Waals surface area contributed by atoms with E-state index in [9.17, 15) is 9.59 Å². The Balaban J connectivity index is 2.15. The SMILES string of the molecule is CCC(CC)(CC(=O)O)NC(=O)c1ccc(OCc2cscn2)c(OC)c1. The van der Waals surface area contributed by atoms with Crippen LogP contribution in [0.5, 0.6) is 11.5 Å². The molecule has 0 aliphatic heterocycles. The van der Waals surface area contributed by atoms with Gasteiger partial charge in [-0.2, -0.15) is 0 Å². The van der Waals surface area contributed by atoms with Crippen molar-refractivity contribution in [2.75, 3.05) is 7.11 Å². The van der Waals surface area contributed by atoms with Gasteiger partial charge in [0.05, 0.1) is 30.3 Å². The van der Waals surface area contributed by atoms with Crippen molar-refractivity contribution in [2.45, 2.75) is 45.3 Å². The van der Waals surface area contributed by atoms with Gasteiger partial charge in [0, 0.05) is 10.9 Å². The number of aromatic nitrogens is 1. The fourth-order valence-electron chi connectivity index (χ4n) is 2.71. The molecule has 2 N–H and O–H groups in total. The highest BCUT2D eigenvalue weighted by molar-refractivity contribution is 7.07. The molecule has 7 nitrogen and oxygen atoms in total. The van der Waals surface area contributed by atoms with Crippen LogP contribution in [0.4, 0.5) is 0 Å². The molecule has 1 amide bonds. The van der Waals surface area contributed by atoms with Crippen molar-refractivity contribution in [3.63, 3.8) is 0 Å². The van der Waals surface area contributed by atoms with Crippen LogP contribution < -0.4 is 14.8 Å². The lowest BCUT2D eigenvalue weighted by Gasteiger charge is -2.31. The van der Waals surface area contributed by atoms with E-state index < -0.39 is 11.5 Å². The van der Waals surface area contributed by atoms with Crippen LogP contribution in [0.2, 0.25) is 0 Å². The number of nitrogens with zero attached hydrogens (tertiary/aromatic N) is 1. The molecule has 146 valence electrons. The van der Waals surface area contributed by atoms with Crippen LogP contribution >= 0.6 is 11.3 Å². The molecule has 0 saturated heterocycles. The zero-order chi connectivity index (χ0) is 19.9. The minimum Gasteiger partial charge on any atom is -0.493 e. The van der Waals surface area contributed by atoms with E-state index in [0.29, 0.717) is 36.5 Å². The van der Waals surface area contributed by atoms with Crippen LogP contribution in [0.3, 0.4) is 0 Å². The van der Waals surface area contributed by atoms with Gasteiger partial charge in [-0.1, -0.05) is 13.8 Å². The van der Waals surface area contributed by atoms with Gasteiger partial charge in [-0.15, -0.1) is 11.3 Å². The van der Waals surface area contributed by atoms with E-state index in [-0.39, 0.29) is 12.3 Å². The maximum absolute atomic E-state index is 12.7. The number of methoxy groups -OCH3 is 1. The average Bonchev–Trinajstić information content (AvgIpc) is 3.18. The maximum atomic E-state index is 12.7. The first-order valence-corrected chi connectivity index (χ1v) is 9.59. The molecule has 0 bridgehead atoms. The predicted molar refractivity (Wildman–Crippen MR) is 102 cm³/mol. The minimum absolute atomic E-state index is 0.127. The molecule has 27 heavy (non-hydrogen) atoms. The number of nitrogens with one attached hydrogen (secondary N) is 1. The molecule has 8 heteroatoms. The van der Waals surface area contributed by atoms with Crippen LogP contribution in [0.25, 0.3) is 0 Å². The summed E-state index contributed by atoms with van der Waals surface area (Å²) in [4.78, 5) is 28.0. The number of carboxylic acid groups (broad SMARTS) is 1. The van der Waals surface area contributed by atoms with Gasteiger partial charge < -0.3 is 19.9 Å². The Morgan fingerprint density at radius 2 is 2.00 bits per heavy atom. The van der Waals surface area contributed by atoms with Crippen molar-refractivity contribution in [3.8, 4) is 11.5 Å². The summed E-state index contributed by atoms with van der Waals surface area (Å²) in [5.41, 5.74) is 2.14. The predicted octanol–water partition coefficient (Wildman–Crippen LogP) is 3.49. The third-order valence-corrected chi connectivity index (χ3v) is 5.14. The van der Waals surface area contributed by atoms with Crippen LogP contribution in [0.1, 0.15) is 49.2 Å². The van der Waals surface area contributed by atoms with E-state index in [0.717, 1.165) is 5.69 Å². The van der Waals surface area contributed by atoms with Gasteiger partial charge in [0.25, 0.3) is 5.91 Å². The Labute approximate surface area is 162 Å². The second-order valence-electron chi connectivity index (χ2n) is 6.15. The number of benzene rings is 1. The quantitative estimate of drug-likeness (QED) is 0.642. The third-order valence-electron chi connectivity index (χ3n) is 4.51. The number of rotatable bonds is 10. The molecule has 1 aromatic heterocycles. The van der Waals surface area contributed by atoms with Gasteiger partial charge in [0.15, 0.2) is 11.5 Å². The van der Waals surface area contributed by atoms with Gasteiger partial charge in [-0.05, 0) is 31.0 Å². The van der Waals surface area contributed by atoms with E-state index in [4.69, 9.17) is 14.6 Å². The number of carbonyl (C=O) groups excluding carboxylic acids is 1. The first kappa shape index (κ1) is 20.7. The number of aliphatic carboxylic acids is 1. The second-order valence-corrected chi connectivity index (χ2v) is 6.86. The smallest absolute Gasteiger partial charge is 0.305 e. The van der Waals surface area contributed by atoms with Gasteiger partial charge >= 0.3 is 5.97 Å². The molecule has 0 aliphatic rings. The van der Waals surface area contributed by atoms with Crippen molar-refractivity contribution < 1.29 is 24.2 Å². The zero-order valence-electron chi connectivity index (χ0n) is 15.7. The number of thiazole rings is 1. The summed E-state index contributed by atoms with van der Waals surface area (Å²) in [6.45, 7) is 4.03. The Hall–Kier alpha value is -2.61. The molecule has 0 fully saturated rings. The Kier molecular flexibility index (Phi) is 7.18. The largest absolute Gasteiger partial charge is 0.493 e. The normalized spacial score (nSPS) is 11.1. The van der Waals surface area contributed by atoms with Gasteiger partial charge in [-0.3, -0.25) is 9.59 Å². The third kappa shape index (κ3) is 5.43. The van der Waals surface area contributed by atoms with E-state index >= 15 is 0 Å². The van der Waals surface area contributed by atoms with E-state index in [1.54, 1.807) is 23.7 Å². The summed E-state index contributed by atoms with van der Waals surface area (Å²) >= 11 is 1.49. The summed E-state index contributed by atoms with van der Waals surface area (Å²) in [5, 5.41) is 13.9. The molecule has 0 aliphatic carbocycles. The molecule has 0 radical (unpaired) electrons. The molecule has 1 heterocycles. The van der Waals surface area contributed by atoms with Crippen molar-refractivity contribution in [3.05, 3.63) is 40.3 Å². The zero-order valence-corrected chi connectivity index (χ0v) is 16.5. The topological polar surface area (TPSA) is 97.8 Å². The van der Waals surface area contributed by atoms with Crippen molar-refractivity contribution in [1.29, 1.82) is 0 Å². The lowest BCUT2D eigenvalue weighted by molar-refractivity contribution is -0.138. The Bertz CT molecular complexity index is 772. The first-order chi connectivity index (χ1) is 12.9. The number of carboxylic acids is 1. The monoisotopic (exact) mass is 392 g/mol. The first-order valence-electron chi connectivity index (χ1n) is 8.65. The lowest BCUT2D eigenvalue weighted by Crippen LogP contribution is -2.49. The Morgan fingerprint density at radius 1 is 1.26 bits per heavy atom. The van der Waals surface area contributed by atoms with Crippen LogP contribution in [-0.4, -0.2) is 34.6 Å². The molecular formula is C19H24N2O5S. The molecule has 0 unspecified atom stereocenters. The molecule has 2 aromatic rings. The molecular weight excluding hydrogens is 368 g/mol. The highest BCUT2D eigenvalue weighted by Crippen LogP contribution is 2.29. The summed E-state index contributed by atoms with van der Waals surface area (Å²) in [7, 11) is 1.50. The van der Waals surface area contributed by atoms with Crippen LogP contribution in [-0.2, 0) is 11.4 Å². The standard InChI is InChI=1S/C19H24N2O5S/c1-4-19(5-2,9-17(22)23)21-18(24)13-6-7-15(16(8-13)25-3)26-10-14-11-27-12-20-14/h6-8,11-12H,4-5,9-10H2,1-3H3,(H,21,24)(H,22,23). The number of ether oxygens (including phenoxy) is 2. The number of hydrogen-bond donors (Lipinski definition) is 2. The number of hydrogen-bond acceptors (Lipinski definition) is 6. The maximum Gasteiger partial charge on any atom is 0.305 e. The summed E-state index contributed by atoms with van der Waals surface area (Å²) in [6.07, 6.45) is 0.915. The van der Waals surface area contributed by atoms with Crippen molar-refractivity contribution >= 4 is 23.2 Å². The molecule has 2 rings (SSSR count). The highest BCUT2D eigenvalue weighted by Gasteiger charge is 2.31. The Morgan fingerprint density at radius 3 is 2.56 bits per heavy atom. The molecule has 0 atom stereocenters. The summed E-state index contributed by atoms with van der Waals surface area (Å²) in [5.74, 6) is -0.355. The minimum atomic E-state index is -0.942. The fraction of sp³-hybridized carbons (Fsp3) is 0.421. The van der Waals surface area contributed by atoms with Crippen molar-refractivity contribution in [1.82, 2.24) is 10.3 Å². The van der Waals surface area contributed by atoms with Crippen LogP contribution in [0.15, 0.2) is 29.1 Å². The number of amides is 1. The fourth-order valence-corrected chi connectivity index (χ4v) is 3.26. The van der Waals surface area contributed by atoms with E-state index in [2.05, 4.69) is 10.3 Å². The highest BCUT2D eigenvalue weighted by atomic mass is 32.1. The molecule has 0 spiro atoms. The molecule has 1 aromatic carbocycles. The number of carbonyl (C=O) groups is 2. The van der Waals surface area contributed by atoms with E-state index in [1.165, 1.54) is 18.4 Å². The van der Waals surface area contributed by atoms with Gasteiger partial charge in [0.2, 0.25) is 0 Å². The van der Waals surface area contributed by atoms with Crippen LogP contribution in [0, 0.1) is 0 Å². The summed E-state index contributed by atoms with van der Waals surface area (Å²) < 4.78 is 11.0. The molecule has 0 saturated carbocycles. The van der Waals surface area contributed by atoms with Gasteiger partial charge in [0.1, 0.15) is 6.61 Å². The second kappa shape index (κ2) is 9.36. The van der Waals surface area contributed by atoms with Gasteiger partial charge in [-0.25, -0.2) is 4.98 Å².